The molecule has 1 unspecified atom stereocenters. The third kappa shape index (κ3) is 2.40. The van der Waals surface area contributed by atoms with E-state index in [0.717, 1.165) is 5.69 Å². The molecular weight excluding hydrogens is 244 g/mol. The summed E-state index contributed by atoms with van der Waals surface area (Å²) in [5, 5.41) is 16.8. The molecule has 1 aliphatic rings. The van der Waals surface area contributed by atoms with Crippen LogP contribution >= 0.6 is 0 Å². The number of sulfonamides is 1. The molecule has 17 heavy (non-hydrogen) atoms. The standard InChI is InChI=1S/C10H12N2O4S/c11-17(15,16)7-1-2-9-8(4-7)6(5-12-9)3-10(13)14/h1-2,4,6,12H,3,5H2,(H,13,14)(H2,11,15,16). The average Bonchev–Trinajstić information content (AvgIpc) is 2.59. The fourth-order valence-electron chi connectivity index (χ4n) is 1.95. The van der Waals surface area contributed by atoms with Crippen molar-refractivity contribution in [3.05, 3.63) is 23.8 Å². The Bertz CT molecular complexity index is 568. The Morgan fingerprint density at radius 3 is 2.82 bits per heavy atom. The Balaban J connectivity index is 2.40. The van der Waals surface area contributed by atoms with Gasteiger partial charge >= 0.3 is 5.97 Å². The first-order chi connectivity index (χ1) is 7.88. The van der Waals surface area contributed by atoms with Crippen LogP contribution in [-0.2, 0) is 14.8 Å². The minimum absolute atomic E-state index is 0.00957. The number of fused-ring (bicyclic) bond motifs is 1. The van der Waals surface area contributed by atoms with Crippen LogP contribution in [0, 0.1) is 0 Å². The Hall–Kier alpha value is -1.60. The van der Waals surface area contributed by atoms with E-state index in [0.29, 0.717) is 12.1 Å². The van der Waals surface area contributed by atoms with Crippen molar-refractivity contribution in [3.8, 4) is 0 Å². The van der Waals surface area contributed by atoms with Crippen LogP contribution in [0.1, 0.15) is 17.9 Å². The molecule has 2 rings (SSSR count). The van der Waals surface area contributed by atoms with Gasteiger partial charge < -0.3 is 10.4 Å². The molecule has 4 N–H and O–H groups in total. The molecule has 0 saturated heterocycles. The van der Waals surface area contributed by atoms with E-state index in [1.807, 2.05) is 0 Å². The van der Waals surface area contributed by atoms with Gasteiger partial charge in [-0.3, -0.25) is 4.79 Å². The van der Waals surface area contributed by atoms with E-state index in [1.54, 1.807) is 6.07 Å². The lowest BCUT2D eigenvalue weighted by molar-refractivity contribution is -0.137. The minimum Gasteiger partial charge on any atom is -0.481 e. The van der Waals surface area contributed by atoms with Gasteiger partial charge in [-0.15, -0.1) is 0 Å². The molecule has 1 aliphatic heterocycles. The number of nitrogens with two attached hydrogens (primary N) is 1. The van der Waals surface area contributed by atoms with Crippen molar-refractivity contribution in [2.45, 2.75) is 17.2 Å². The summed E-state index contributed by atoms with van der Waals surface area (Å²) in [6.45, 7) is 0.496. The summed E-state index contributed by atoms with van der Waals surface area (Å²) in [6, 6.07) is 4.46. The number of primary sulfonamides is 1. The second kappa shape index (κ2) is 4.01. The molecule has 6 nitrogen and oxygen atoms in total. The number of anilines is 1. The van der Waals surface area contributed by atoms with Gasteiger partial charge in [-0.25, -0.2) is 13.6 Å². The Morgan fingerprint density at radius 1 is 1.53 bits per heavy atom. The van der Waals surface area contributed by atoms with Crippen LogP contribution in [0.4, 0.5) is 5.69 Å². The molecule has 92 valence electrons. The van der Waals surface area contributed by atoms with Gasteiger partial charge in [0.25, 0.3) is 0 Å². The Kier molecular flexibility index (Phi) is 2.80. The minimum atomic E-state index is -3.75. The van der Waals surface area contributed by atoms with Crippen molar-refractivity contribution >= 4 is 21.7 Å². The highest BCUT2D eigenvalue weighted by Crippen LogP contribution is 2.34. The van der Waals surface area contributed by atoms with Gasteiger partial charge in [0.05, 0.1) is 11.3 Å². The maximum Gasteiger partial charge on any atom is 0.304 e. The van der Waals surface area contributed by atoms with Crippen LogP contribution in [-0.4, -0.2) is 26.0 Å². The van der Waals surface area contributed by atoms with Gasteiger partial charge in [0.2, 0.25) is 10.0 Å². The van der Waals surface area contributed by atoms with Crippen molar-refractivity contribution in [3.63, 3.8) is 0 Å². The Morgan fingerprint density at radius 2 is 2.24 bits per heavy atom. The van der Waals surface area contributed by atoms with Crippen LogP contribution < -0.4 is 10.5 Å². The van der Waals surface area contributed by atoms with E-state index >= 15 is 0 Å². The summed E-state index contributed by atoms with van der Waals surface area (Å²) in [7, 11) is -3.75. The average molecular weight is 256 g/mol. The number of hydrogen-bond donors (Lipinski definition) is 3. The van der Waals surface area contributed by atoms with Crippen LogP contribution in [0.15, 0.2) is 23.1 Å². The van der Waals surface area contributed by atoms with Crippen molar-refractivity contribution in [1.82, 2.24) is 0 Å². The van der Waals surface area contributed by atoms with Crippen LogP contribution in [0.2, 0.25) is 0 Å². The molecule has 0 saturated carbocycles. The van der Waals surface area contributed by atoms with Gasteiger partial charge in [-0.1, -0.05) is 0 Å². The number of nitrogens with one attached hydrogen (secondary N) is 1. The third-order valence-electron chi connectivity index (χ3n) is 2.75. The molecule has 0 aliphatic carbocycles. The summed E-state index contributed by atoms with van der Waals surface area (Å²) in [6.07, 6.45) is -0.0337. The summed E-state index contributed by atoms with van der Waals surface area (Å²) in [5.74, 6) is -1.13. The number of carboxylic acids is 1. The second-order valence-electron chi connectivity index (χ2n) is 3.97. The molecule has 0 bridgehead atoms. The lowest BCUT2D eigenvalue weighted by Crippen LogP contribution is -2.13. The van der Waals surface area contributed by atoms with Gasteiger partial charge in [0, 0.05) is 18.2 Å². The third-order valence-corrected chi connectivity index (χ3v) is 3.66. The molecule has 0 fully saturated rings. The van der Waals surface area contributed by atoms with Gasteiger partial charge in [0.1, 0.15) is 0 Å². The molecule has 0 spiro atoms. The summed E-state index contributed by atoms with van der Waals surface area (Å²) in [5.41, 5.74) is 1.46. The first-order valence-electron chi connectivity index (χ1n) is 5.00. The lowest BCUT2D eigenvalue weighted by atomic mass is 9.98. The number of hydrogen-bond acceptors (Lipinski definition) is 4. The predicted octanol–water partition coefficient (Wildman–Crippen LogP) is 0.318. The zero-order valence-electron chi connectivity index (χ0n) is 8.88. The van der Waals surface area contributed by atoms with Crippen LogP contribution in [0.5, 0.6) is 0 Å². The van der Waals surface area contributed by atoms with Crippen molar-refractivity contribution in [2.24, 2.45) is 5.14 Å². The van der Waals surface area contributed by atoms with Crippen molar-refractivity contribution in [1.29, 1.82) is 0 Å². The molecule has 1 aromatic rings. The van der Waals surface area contributed by atoms with Crippen molar-refractivity contribution in [2.75, 3.05) is 11.9 Å². The highest BCUT2D eigenvalue weighted by atomic mass is 32.2. The number of aliphatic carboxylic acids is 1. The van der Waals surface area contributed by atoms with E-state index < -0.39 is 16.0 Å². The lowest BCUT2D eigenvalue weighted by Gasteiger charge is -2.07. The van der Waals surface area contributed by atoms with Crippen molar-refractivity contribution < 1.29 is 18.3 Å². The number of carbonyl (C=O) groups is 1. The highest BCUT2D eigenvalue weighted by molar-refractivity contribution is 7.89. The van der Waals surface area contributed by atoms with E-state index in [-0.39, 0.29) is 17.2 Å². The van der Waals surface area contributed by atoms with E-state index in [4.69, 9.17) is 10.2 Å². The largest absolute Gasteiger partial charge is 0.481 e. The molecule has 0 radical (unpaired) electrons. The first kappa shape index (κ1) is 11.9. The fourth-order valence-corrected chi connectivity index (χ4v) is 2.50. The summed E-state index contributed by atoms with van der Waals surface area (Å²) < 4.78 is 22.4. The Labute approximate surface area is 98.5 Å². The summed E-state index contributed by atoms with van der Waals surface area (Å²) >= 11 is 0. The maximum atomic E-state index is 11.2. The second-order valence-corrected chi connectivity index (χ2v) is 5.53. The SMILES string of the molecule is NS(=O)(=O)c1ccc2c(c1)C(CC(=O)O)CN2. The van der Waals surface area contributed by atoms with Gasteiger partial charge in [-0.05, 0) is 23.8 Å². The fraction of sp³-hybridized carbons (Fsp3) is 0.300. The number of carboxylic acid groups (broad SMARTS) is 1. The molecule has 1 atom stereocenters. The smallest absolute Gasteiger partial charge is 0.304 e. The normalized spacial score (nSPS) is 18.5. The topological polar surface area (TPSA) is 109 Å². The zero-order valence-corrected chi connectivity index (χ0v) is 9.70. The number of rotatable bonds is 3. The summed E-state index contributed by atoms with van der Waals surface area (Å²) in [4.78, 5) is 10.7. The highest BCUT2D eigenvalue weighted by Gasteiger charge is 2.25. The number of benzene rings is 1. The van der Waals surface area contributed by atoms with E-state index in [9.17, 15) is 13.2 Å². The maximum absolute atomic E-state index is 11.2. The predicted molar refractivity (Wildman–Crippen MR) is 61.3 cm³/mol. The van der Waals surface area contributed by atoms with E-state index in [2.05, 4.69) is 5.32 Å². The van der Waals surface area contributed by atoms with Crippen LogP contribution in [0.25, 0.3) is 0 Å². The first-order valence-corrected chi connectivity index (χ1v) is 6.55. The monoisotopic (exact) mass is 256 g/mol. The quantitative estimate of drug-likeness (QED) is 0.721. The van der Waals surface area contributed by atoms with Crippen LogP contribution in [0.3, 0.4) is 0 Å². The molecule has 0 aromatic heterocycles. The van der Waals surface area contributed by atoms with Gasteiger partial charge in [-0.2, -0.15) is 0 Å². The molecular formula is C10H12N2O4S. The molecule has 1 heterocycles. The molecule has 7 heteroatoms. The zero-order chi connectivity index (χ0) is 12.6. The van der Waals surface area contributed by atoms with E-state index in [1.165, 1.54) is 12.1 Å². The van der Waals surface area contributed by atoms with Gasteiger partial charge in [0.15, 0.2) is 0 Å². The molecule has 0 amide bonds. The molecule has 1 aromatic carbocycles.